The Balaban J connectivity index is 2.67. The van der Waals surface area contributed by atoms with Crippen molar-refractivity contribution in [2.75, 3.05) is 11.5 Å². The number of aromatic nitrogens is 3. The van der Waals surface area contributed by atoms with Crippen LogP contribution in [0.3, 0.4) is 0 Å². The molecule has 1 aromatic heterocycles. The summed E-state index contributed by atoms with van der Waals surface area (Å²) in [6.45, 7) is 1.34. The largest absolute Gasteiger partial charge is 0.453 e. The Hall–Kier alpha value is -1.12. The molecule has 9 heteroatoms. The number of alkyl halides is 3. The van der Waals surface area contributed by atoms with Crippen molar-refractivity contribution < 1.29 is 21.6 Å². The lowest BCUT2D eigenvalue weighted by Crippen LogP contribution is -2.16. The Labute approximate surface area is 90.2 Å². The predicted molar refractivity (Wildman–Crippen MR) is 49.4 cm³/mol. The highest BCUT2D eigenvalue weighted by Crippen LogP contribution is 2.25. The minimum Gasteiger partial charge on any atom is -0.251 e. The lowest BCUT2D eigenvalue weighted by Gasteiger charge is -2.01. The number of rotatable bonds is 4. The van der Waals surface area contributed by atoms with Crippen LogP contribution in [0.4, 0.5) is 13.2 Å². The zero-order chi connectivity index (χ0) is 12.4. The van der Waals surface area contributed by atoms with Gasteiger partial charge in [0, 0.05) is 5.75 Å². The van der Waals surface area contributed by atoms with Crippen LogP contribution in [-0.4, -0.2) is 34.7 Å². The second-order valence-corrected chi connectivity index (χ2v) is 5.54. The second-order valence-electron chi connectivity index (χ2n) is 3.07. The summed E-state index contributed by atoms with van der Waals surface area (Å²) in [6.07, 6.45) is -3.73. The summed E-state index contributed by atoms with van der Waals surface area (Å²) in [7, 11) is -3.21. The molecule has 0 radical (unpaired) electrons. The van der Waals surface area contributed by atoms with E-state index in [-0.39, 0.29) is 18.1 Å². The van der Waals surface area contributed by atoms with Crippen molar-refractivity contribution in [1.29, 1.82) is 0 Å². The van der Waals surface area contributed by atoms with Crippen molar-refractivity contribution in [2.45, 2.75) is 19.6 Å². The summed E-state index contributed by atoms with van der Waals surface area (Å²) < 4.78 is 59.3. The number of halogens is 3. The van der Waals surface area contributed by atoms with Gasteiger partial charge in [0.25, 0.3) is 5.82 Å². The maximum atomic E-state index is 12.1. The van der Waals surface area contributed by atoms with Gasteiger partial charge in [-0.05, 0) is 0 Å². The van der Waals surface area contributed by atoms with Gasteiger partial charge in [0.05, 0.1) is 12.3 Å². The van der Waals surface area contributed by atoms with Gasteiger partial charge in [-0.3, -0.25) is 4.68 Å². The minimum atomic E-state index is -4.60. The first kappa shape index (κ1) is 12.9. The molecule has 0 atom stereocenters. The van der Waals surface area contributed by atoms with Crippen molar-refractivity contribution in [3.05, 3.63) is 12.2 Å². The highest BCUT2D eigenvalue weighted by atomic mass is 32.2. The van der Waals surface area contributed by atoms with Gasteiger partial charge >= 0.3 is 6.18 Å². The lowest BCUT2D eigenvalue weighted by atomic mass is 10.6. The molecule has 0 N–H and O–H groups in total. The molecule has 92 valence electrons. The third-order valence-corrected chi connectivity index (χ3v) is 3.55. The van der Waals surface area contributed by atoms with Gasteiger partial charge in [-0.15, -0.1) is 5.10 Å². The van der Waals surface area contributed by atoms with E-state index in [0.29, 0.717) is 0 Å². The zero-order valence-corrected chi connectivity index (χ0v) is 9.22. The molecular formula is C7H10F3N3O2S. The monoisotopic (exact) mass is 257 g/mol. The summed E-state index contributed by atoms with van der Waals surface area (Å²) in [4.78, 5) is 3.05. The summed E-state index contributed by atoms with van der Waals surface area (Å²) >= 11 is 0. The molecule has 1 heterocycles. The molecule has 0 bridgehead atoms. The van der Waals surface area contributed by atoms with Gasteiger partial charge < -0.3 is 0 Å². The molecule has 0 amide bonds. The van der Waals surface area contributed by atoms with Crippen molar-refractivity contribution in [3.8, 4) is 0 Å². The van der Waals surface area contributed by atoms with Crippen LogP contribution in [0.5, 0.6) is 0 Å². The molecule has 0 aromatic carbocycles. The third-order valence-electron chi connectivity index (χ3n) is 1.86. The Morgan fingerprint density at radius 3 is 2.50 bits per heavy atom. The average molecular weight is 257 g/mol. The molecule has 0 saturated carbocycles. The van der Waals surface area contributed by atoms with Gasteiger partial charge in [-0.25, -0.2) is 13.4 Å². The first-order chi connectivity index (χ1) is 7.24. The van der Waals surface area contributed by atoms with E-state index < -0.39 is 21.8 Å². The van der Waals surface area contributed by atoms with Crippen LogP contribution in [0, 0.1) is 0 Å². The molecule has 0 aliphatic rings. The van der Waals surface area contributed by atoms with Gasteiger partial charge in [-0.1, -0.05) is 6.92 Å². The highest BCUT2D eigenvalue weighted by molar-refractivity contribution is 7.91. The fourth-order valence-corrected chi connectivity index (χ4v) is 1.66. The zero-order valence-electron chi connectivity index (χ0n) is 8.40. The molecule has 0 fully saturated rings. The maximum absolute atomic E-state index is 12.1. The van der Waals surface area contributed by atoms with E-state index in [0.717, 1.165) is 11.0 Å². The SMILES string of the molecule is CCS(=O)(=O)CCn1cnc(C(F)(F)F)n1. The second kappa shape index (κ2) is 4.40. The molecule has 0 unspecified atom stereocenters. The van der Waals surface area contributed by atoms with Crippen molar-refractivity contribution in [2.24, 2.45) is 0 Å². The van der Waals surface area contributed by atoms with Crippen molar-refractivity contribution in [3.63, 3.8) is 0 Å². The number of hydrogen-bond acceptors (Lipinski definition) is 4. The van der Waals surface area contributed by atoms with Gasteiger partial charge in [0.1, 0.15) is 6.33 Å². The molecule has 0 saturated heterocycles. The summed E-state index contributed by atoms with van der Waals surface area (Å²) in [5.74, 6) is -1.56. The standard InChI is InChI=1S/C7H10F3N3O2S/c1-2-16(14,15)4-3-13-5-11-6(12-13)7(8,9)10/h5H,2-4H2,1H3. The highest BCUT2D eigenvalue weighted by Gasteiger charge is 2.35. The van der Waals surface area contributed by atoms with E-state index in [1.807, 2.05) is 0 Å². The molecule has 5 nitrogen and oxygen atoms in total. The van der Waals surface area contributed by atoms with Crippen LogP contribution in [-0.2, 0) is 22.6 Å². The summed E-state index contributed by atoms with van der Waals surface area (Å²) in [6, 6.07) is 0. The Kier molecular flexibility index (Phi) is 3.56. The number of nitrogens with zero attached hydrogens (tertiary/aromatic N) is 3. The fourth-order valence-electron chi connectivity index (χ4n) is 0.909. The smallest absolute Gasteiger partial charge is 0.251 e. The molecule has 0 spiro atoms. The predicted octanol–water partition coefficient (Wildman–Crippen LogP) is 0.732. The van der Waals surface area contributed by atoms with E-state index in [1.54, 1.807) is 0 Å². The maximum Gasteiger partial charge on any atom is 0.453 e. The third kappa shape index (κ3) is 3.47. The molecule has 0 aliphatic heterocycles. The topological polar surface area (TPSA) is 64.8 Å². The van der Waals surface area contributed by atoms with Crippen LogP contribution in [0.1, 0.15) is 12.7 Å². The molecule has 1 aromatic rings. The first-order valence-corrected chi connectivity index (χ1v) is 6.24. The Morgan fingerprint density at radius 2 is 2.06 bits per heavy atom. The first-order valence-electron chi connectivity index (χ1n) is 4.41. The van der Waals surface area contributed by atoms with Crippen LogP contribution in [0.2, 0.25) is 0 Å². The fraction of sp³-hybridized carbons (Fsp3) is 0.714. The van der Waals surface area contributed by atoms with E-state index in [4.69, 9.17) is 0 Å². The number of hydrogen-bond donors (Lipinski definition) is 0. The summed E-state index contributed by atoms with van der Waals surface area (Å²) in [5.41, 5.74) is 0. The van der Waals surface area contributed by atoms with Crippen LogP contribution < -0.4 is 0 Å². The van der Waals surface area contributed by atoms with Gasteiger partial charge in [-0.2, -0.15) is 13.2 Å². The van der Waals surface area contributed by atoms with E-state index in [9.17, 15) is 21.6 Å². The van der Waals surface area contributed by atoms with Crippen LogP contribution >= 0.6 is 0 Å². The lowest BCUT2D eigenvalue weighted by molar-refractivity contribution is -0.145. The molecule has 0 aliphatic carbocycles. The normalized spacial score (nSPS) is 13.0. The van der Waals surface area contributed by atoms with Crippen LogP contribution in [0.15, 0.2) is 6.33 Å². The molecule has 16 heavy (non-hydrogen) atoms. The Morgan fingerprint density at radius 1 is 1.44 bits per heavy atom. The quantitative estimate of drug-likeness (QED) is 0.797. The molecule has 1 rings (SSSR count). The van der Waals surface area contributed by atoms with Crippen LogP contribution in [0.25, 0.3) is 0 Å². The number of sulfone groups is 1. The number of aryl methyl sites for hydroxylation is 1. The van der Waals surface area contributed by atoms with Crippen molar-refractivity contribution in [1.82, 2.24) is 14.8 Å². The minimum absolute atomic E-state index is 0.0478. The van der Waals surface area contributed by atoms with E-state index >= 15 is 0 Å². The summed E-state index contributed by atoms with van der Waals surface area (Å²) in [5, 5.41) is 3.13. The average Bonchev–Trinajstić information content (AvgIpc) is 2.63. The van der Waals surface area contributed by atoms with E-state index in [1.165, 1.54) is 6.92 Å². The molecular weight excluding hydrogens is 247 g/mol. The Bertz CT molecular complexity index is 452. The van der Waals surface area contributed by atoms with Crippen molar-refractivity contribution >= 4 is 9.84 Å². The van der Waals surface area contributed by atoms with Gasteiger partial charge in [0.15, 0.2) is 9.84 Å². The van der Waals surface area contributed by atoms with E-state index in [2.05, 4.69) is 10.1 Å². The van der Waals surface area contributed by atoms with Gasteiger partial charge in [0.2, 0.25) is 0 Å².